The van der Waals surface area contributed by atoms with Crippen LogP contribution in [0.3, 0.4) is 0 Å². The molecule has 1 heterocycles. The van der Waals surface area contributed by atoms with E-state index in [9.17, 15) is 9.18 Å². The summed E-state index contributed by atoms with van der Waals surface area (Å²) in [6.07, 6.45) is 0. The van der Waals surface area contributed by atoms with Gasteiger partial charge in [0.25, 0.3) is 5.91 Å². The van der Waals surface area contributed by atoms with Crippen LogP contribution in [0.25, 0.3) is 11.3 Å². The van der Waals surface area contributed by atoms with Crippen molar-refractivity contribution in [2.24, 2.45) is 0 Å². The number of aryl methyl sites for hydroxylation is 1. The Hall–Kier alpha value is -3.13. The number of nitrogens with zero attached hydrogens (tertiary/aromatic N) is 1. The molecule has 0 radical (unpaired) electrons. The topological polar surface area (TPSA) is 69.7 Å². The summed E-state index contributed by atoms with van der Waals surface area (Å²) in [6.45, 7) is 1.89. The van der Waals surface area contributed by atoms with Gasteiger partial charge in [0, 0.05) is 22.6 Å². The van der Waals surface area contributed by atoms with Gasteiger partial charge in [0.2, 0.25) is 0 Å². The summed E-state index contributed by atoms with van der Waals surface area (Å²) in [5.74, 6) is 0.514. The van der Waals surface area contributed by atoms with Crippen LogP contribution in [0.4, 0.5) is 9.52 Å². The van der Waals surface area contributed by atoms with Crippen LogP contribution in [0.5, 0.6) is 17.2 Å². The maximum absolute atomic E-state index is 13.1. The van der Waals surface area contributed by atoms with Gasteiger partial charge in [-0.3, -0.25) is 10.1 Å². The molecule has 146 valence electrons. The molecule has 6 nitrogen and oxygen atoms in total. The molecule has 0 spiro atoms. The minimum Gasteiger partial charge on any atom is -0.496 e. The molecular weight excluding hydrogens is 383 g/mol. The van der Waals surface area contributed by atoms with Crippen molar-refractivity contribution < 1.29 is 23.4 Å². The van der Waals surface area contributed by atoms with E-state index in [2.05, 4.69) is 10.3 Å². The molecule has 28 heavy (non-hydrogen) atoms. The predicted molar refractivity (Wildman–Crippen MR) is 106 cm³/mol. The number of carbonyl (C=O) groups is 1. The summed E-state index contributed by atoms with van der Waals surface area (Å²) in [7, 11) is 4.47. The van der Waals surface area contributed by atoms with Crippen molar-refractivity contribution in [3.8, 4) is 28.5 Å². The van der Waals surface area contributed by atoms with Gasteiger partial charge in [-0.2, -0.15) is 0 Å². The lowest BCUT2D eigenvalue weighted by atomic mass is 10.1. The lowest BCUT2D eigenvalue weighted by molar-refractivity contribution is 0.102. The van der Waals surface area contributed by atoms with Crippen LogP contribution in [-0.4, -0.2) is 32.2 Å². The maximum Gasteiger partial charge on any atom is 0.261 e. The monoisotopic (exact) mass is 402 g/mol. The molecule has 0 aliphatic heterocycles. The normalized spacial score (nSPS) is 10.5. The Morgan fingerprint density at radius 2 is 1.61 bits per heavy atom. The highest BCUT2D eigenvalue weighted by atomic mass is 32.1. The number of carbonyl (C=O) groups excluding carboxylic acids is 1. The summed E-state index contributed by atoms with van der Waals surface area (Å²) in [6, 6.07) is 9.20. The predicted octanol–water partition coefficient (Wildman–Crippen LogP) is 4.54. The molecule has 3 rings (SSSR count). The number of aromatic nitrogens is 1. The molecule has 8 heteroatoms. The van der Waals surface area contributed by atoms with Crippen molar-refractivity contribution in [3.63, 3.8) is 0 Å². The second-order valence-electron chi connectivity index (χ2n) is 5.79. The zero-order valence-electron chi connectivity index (χ0n) is 15.8. The van der Waals surface area contributed by atoms with Gasteiger partial charge in [0.1, 0.15) is 11.6 Å². The van der Waals surface area contributed by atoms with E-state index in [1.165, 1.54) is 44.8 Å². The number of anilines is 1. The van der Waals surface area contributed by atoms with Gasteiger partial charge in [0.05, 0.1) is 32.6 Å². The molecule has 0 aliphatic carbocycles. The zero-order valence-corrected chi connectivity index (χ0v) is 16.6. The third-order valence-electron chi connectivity index (χ3n) is 4.09. The number of nitrogens with one attached hydrogen (secondary N) is 1. The van der Waals surface area contributed by atoms with Crippen LogP contribution >= 0.6 is 11.3 Å². The first-order valence-electron chi connectivity index (χ1n) is 8.31. The van der Waals surface area contributed by atoms with Crippen LogP contribution < -0.4 is 19.5 Å². The molecule has 1 amide bonds. The van der Waals surface area contributed by atoms with Crippen LogP contribution in [0, 0.1) is 12.7 Å². The number of rotatable bonds is 6. The Balaban J connectivity index is 1.89. The van der Waals surface area contributed by atoms with Gasteiger partial charge in [-0.1, -0.05) is 0 Å². The van der Waals surface area contributed by atoms with Gasteiger partial charge < -0.3 is 14.2 Å². The van der Waals surface area contributed by atoms with Crippen molar-refractivity contribution >= 4 is 22.4 Å². The number of hydrogen-bond acceptors (Lipinski definition) is 6. The molecule has 0 saturated carbocycles. The molecule has 0 saturated heterocycles. The van der Waals surface area contributed by atoms with Crippen LogP contribution in [0.2, 0.25) is 0 Å². The van der Waals surface area contributed by atoms with Crippen molar-refractivity contribution in [2.45, 2.75) is 6.92 Å². The minimum atomic E-state index is -0.391. The van der Waals surface area contributed by atoms with Crippen LogP contribution in [0.15, 0.2) is 36.4 Å². The van der Waals surface area contributed by atoms with E-state index in [1.54, 1.807) is 24.3 Å². The van der Waals surface area contributed by atoms with Gasteiger partial charge >= 0.3 is 0 Å². The molecule has 0 atom stereocenters. The standard InChI is InChI=1S/C20H19FN2O4S/c1-11-18(12-5-7-13(21)8-6-12)22-20(28-11)23-19(24)14-9-16(26-3)17(27-4)10-15(14)25-2/h5-10H,1-4H3,(H,22,23,24). The Kier molecular flexibility index (Phi) is 5.79. The zero-order chi connectivity index (χ0) is 20.3. The van der Waals surface area contributed by atoms with E-state index in [0.717, 1.165) is 10.4 Å². The van der Waals surface area contributed by atoms with Gasteiger partial charge in [0.15, 0.2) is 16.6 Å². The Morgan fingerprint density at radius 1 is 1.00 bits per heavy atom. The second-order valence-corrected chi connectivity index (χ2v) is 7.00. The Morgan fingerprint density at radius 3 is 2.21 bits per heavy atom. The Bertz CT molecular complexity index is 1000. The van der Waals surface area contributed by atoms with Gasteiger partial charge in [-0.25, -0.2) is 9.37 Å². The molecule has 1 N–H and O–H groups in total. The number of halogens is 1. The summed E-state index contributed by atoms with van der Waals surface area (Å²) in [5, 5.41) is 3.21. The molecule has 0 unspecified atom stereocenters. The fourth-order valence-corrected chi connectivity index (χ4v) is 3.53. The first kappa shape index (κ1) is 19.6. The molecule has 0 bridgehead atoms. The highest BCUT2D eigenvalue weighted by Crippen LogP contribution is 2.36. The van der Waals surface area contributed by atoms with E-state index in [1.807, 2.05) is 6.92 Å². The minimum absolute atomic E-state index is 0.288. The lowest BCUT2D eigenvalue weighted by Gasteiger charge is -2.13. The molecule has 1 aromatic heterocycles. The molecule has 0 aliphatic rings. The summed E-state index contributed by atoms with van der Waals surface area (Å²) >= 11 is 1.33. The number of benzene rings is 2. The third-order valence-corrected chi connectivity index (χ3v) is 4.97. The highest BCUT2D eigenvalue weighted by Gasteiger charge is 2.20. The quantitative estimate of drug-likeness (QED) is 0.656. The van der Waals surface area contributed by atoms with Crippen molar-refractivity contribution in [1.29, 1.82) is 0 Å². The van der Waals surface area contributed by atoms with Crippen LogP contribution in [-0.2, 0) is 0 Å². The molecular formula is C20H19FN2O4S. The fourth-order valence-electron chi connectivity index (χ4n) is 2.70. The number of amides is 1. The first-order chi connectivity index (χ1) is 13.5. The number of hydrogen-bond donors (Lipinski definition) is 1. The SMILES string of the molecule is COc1cc(OC)c(C(=O)Nc2nc(-c3ccc(F)cc3)c(C)s2)cc1OC. The van der Waals surface area contributed by atoms with Gasteiger partial charge in [-0.05, 0) is 31.2 Å². The fraction of sp³-hybridized carbons (Fsp3) is 0.200. The highest BCUT2D eigenvalue weighted by molar-refractivity contribution is 7.16. The van der Waals surface area contributed by atoms with Crippen LogP contribution in [0.1, 0.15) is 15.2 Å². The molecule has 0 fully saturated rings. The second kappa shape index (κ2) is 8.26. The number of methoxy groups -OCH3 is 3. The summed E-state index contributed by atoms with van der Waals surface area (Å²) in [5.41, 5.74) is 1.76. The average molecular weight is 402 g/mol. The summed E-state index contributed by atoms with van der Waals surface area (Å²) < 4.78 is 29.0. The van der Waals surface area contributed by atoms with E-state index in [-0.39, 0.29) is 11.4 Å². The maximum atomic E-state index is 13.1. The van der Waals surface area contributed by atoms with Crippen molar-refractivity contribution in [3.05, 3.63) is 52.7 Å². The van der Waals surface area contributed by atoms with Crippen molar-refractivity contribution in [1.82, 2.24) is 4.98 Å². The molecule has 2 aromatic carbocycles. The van der Waals surface area contributed by atoms with E-state index in [4.69, 9.17) is 14.2 Å². The Labute approximate surface area is 165 Å². The largest absolute Gasteiger partial charge is 0.496 e. The smallest absolute Gasteiger partial charge is 0.261 e. The third kappa shape index (κ3) is 3.91. The number of ether oxygens (including phenoxy) is 3. The average Bonchev–Trinajstić information content (AvgIpc) is 3.07. The van der Waals surface area contributed by atoms with E-state index in [0.29, 0.717) is 28.1 Å². The molecule has 3 aromatic rings. The van der Waals surface area contributed by atoms with Gasteiger partial charge in [-0.15, -0.1) is 11.3 Å². The first-order valence-corrected chi connectivity index (χ1v) is 9.13. The van der Waals surface area contributed by atoms with E-state index >= 15 is 0 Å². The summed E-state index contributed by atoms with van der Waals surface area (Å²) in [4.78, 5) is 18.2. The van der Waals surface area contributed by atoms with Crippen molar-refractivity contribution in [2.75, 3.05) is 26.6 Å². The number of thiazole rings is 1. The van der Waals surface area contributed by atoms with E-state index < -0.39 is 5.91 Å². The lowest BCUT2D eigenvalue weighted by Crippen LogP contribution is -2.13.